The SMILES string of the molecule is C#Cc1ccccc1C(C(=O)Nc1c(C)cccc1Cl)N(CCCCCC)C(=O)C(CS)NC(=O)OC(C)(C)C. The Kier molecular flexibility index (Phi) is 12.9. The molecule has 0 saturated carbocycles. The summed E-state index contributed by atoms with van der Waals surface area (Å²) in [5.41, 5.74) is 1.44. The van der Waals surface area contributed by atoms with Gasteiger partial charge < -0.3 is 20.3 Å². The van der Waals surface area contributed by atoms with Gasteiger partial charge in [0.25, 0.3) is 5.91 Å². The van der Waals surface area contributed by atoms with Crippen molar-refractivity contribution in [2.45, 2.75) is 78.0 Å². The van der Waals surface area contributed by atoms with Crippen LogP contribution in [0.1, 0.15) is 76.1 Å². The van der Waals surface area contributed by atoms with Crippen molar-refractivity contribution in [1.29, 1.82) is 0 Å². The van der Waals surface area contributed by atoms with Crippen molar-refractivity contribution in [1.82, 2.24) is 10.2 Å². The van der Waals surface area contributed by atoms with Gasteiger partial charge >= 0.3 is 6.09 Å². The Bertz CT molecular complexity index is 1200. The van der Waals surface area contributed by atoms with Crippen molar-refractivity contribution in [3.8, 4) is 12.3 Å². The van der Waals surface area contributed by atoms with Gasteiger partial charge in [0.1, 0.15) is 17.7 Å². The zero-order chi connectivity index (χ0) is 29.9. The first kappa shape index (κ1) is 33.1. The molecule has 2 unspecified atom stereocenters. The number of halogens is 1. The predicted molar refractivity (Wildman–Crippen MR) is 165 cm³/mol. The largest absolute Gasteiger partial charge is 0.444 e. The van der Waals surface area contributed by atoms with E-state index in [-0.39, 0.29) is 12.3 Å². The van der Waals surface area contributed by atoms with Crippen LogP contribution >= 0.6 is 24.2 Å². The fraction of sp³-hybridized carbons (Fsp3) is 0.452. The minimum atomic E-state index is -1.10. The second kappa shape index (κ2) is 15.6. The molecule has 0 aliphatic rings. The molecule has 40 heavy (non-hydrogen) atoms. The topological polar surface area (TPSA) is 87.7 Å². The number of para-hydroxylation sites is 1. The normalized spacial score (nSPS) is 12.6. The summed E-state index contributed by atoms with van der Waals surface area (Å²) in [7, 11) is 0. The third-order valence-corrected chi connectivity index (χ3v) is 6.83. The number of unbranched alkanes of at least 4 members (excludes halogenated alkanes) is 3. The average Bonchev–Trinajstić information content (AvgIpc) is 2.89. The van der Waals surface area contributed by atoms with Gasteiger partial charge in [0.05, 0.1) is 10.7 Å². The molecule has 0 saturated heterocycles. The number of amides is 3. The predicted octanol–water partition coefficient (Wildman–Crippen LogP) is 6.54. The monoisotopic (exact) mass is 585 g/mol. The number of nitrogens with one attached hydrogen (secondary N) is 2. The number of hydrogen-bond acceptors (Lipinski definition) is 5. The van der Waals surface area contributed by atoms with Crippen LogP contribution in [0.2, 0.25) is 5.02 Å². The van der Waals surface area contributed by atoms with Crippen molar-refractivity contribution in [2.24, 2.45) is 0 Å². The zero-order valence-corrected chi connectivity index (χ0v) is 25.6. The van der Waals surface area contributed by atoms with Crippen LogP contribution in [-0.4, -0.2) is 46.7 Å². The summed E-state index contributed by atoms with van der Waals surface area (Å²) >= 11 is 10.8. The van der Waals surface area contributed by atoms with E-state index in [1.807, 2.05) is 13.0 Å². The Hall–Kier alpha value is -3.15. The van der Waals surface area contributed by atoms with Gasteiger partial charge in [-0.3, -0.25) is 9.59 Å². The molecule has 0 spiro atoms. The molecule has 0 aliphatic heterocycles. The Balaban J connectivity index is 2.58. The molecule has 0 aliphatic carbocycles. The quantitative estimate of drug-likeness (QED) is 0.150. The van der Waals surface area contributed by atoms with Gasteiger partial charge in [0.15, 0.2) is 0 Å². The van der Waals surface area contributed by atoms with Crippen LogP contribution in [0.25, 0.3) is 0 Å². The highest BCUT2D eigenvalue weighted by molar-refractivity contribution is 7.80. The Morgan fingerprint density at radius 1 is 1.10 bits per heavy atom. The first-order chi connectivity index (χ1) is 18.9. The van der Waals surface area contributed by atoms with Crippen LogP contribution in [0, 0.1) is 19.3 Å². The number of anilines is 1. The summed E-state index contributed by atoms with van der Waals surface area (Å²) in [6.45, 7) is 9.39. The summed E-state index contributed by atoms with van der Waals surface area (Å²) in [5.74, 6) is 1.69. The highest BCUT2D eigenvalue weighted by Crippen LogP contribution is 2.31. The number of alkyl carbamates (subject to hydrolysis) is 1. The van der Waals surface area contributed by atoms with Gasteiger partial charge in [-0.15, -0.1) is 6.42 Å². The molecular formula is C31H40ClN3O4S. The molecule has 0 fully saturated rings. The highest BCUT2D eigenvalue weighted by atomic mass is 35.5. The number of aryl methyl sites for hydroxylation is 1. The molecule has 0 aromatic heterocycles. The molecule has 7 nitrogen and oxygen atoms in total. The van der Waals surface area contributed by atoms with E-state index in [0.29, 0.717) is 28.3 Å². The number of nitrogens with zero attached hydrogens (tertiary/aromatic N) is 1. The number of thiol groups is 1. The zero-order valence-electron chi connectivity index (χ0n) is 23.9. The van der Waals surface area contributed by atoms with Gasteiger partial charge in [-0.25, -0.2) is 4.79 Å². The lowest BCUT2D eigenvalue weighted by molar-refractivity contribution is -0.140. The lowest BCUT2D eigenvalue weighted by Crippen LogP contribution is -2.53. The molecule has 2 aromatic rings. The first-order valence-electron chi connectivity index (χ1n) is 13.5. The molecule has 2 aromatic carbocycles. The number of terminal acetylenes is 1. The minimum absolute atomic E-state index is 0.00170. The van der Waals surface area contributed by atoms with Crippen LogP contribution < -0.4 is 10.6 Å². The maximum absolute atomic E-state index is 14.1. The molecule has 9 heteroatoms. The second-order valence-electron chi connectivity index (χ2n) is 10.5. The number of rotatable bonds is 12. The van der Waals surface area contributed by atoms with Gasteiger partial charge in [-0.1, -0.05) is 74.0 Å². The van der Waals surface area contributed by atoms with Crippen molar-refractivity contribution < 1.29 is 19.1 Å². The fourth-order valence-corrected chi connectivity index (χ4v) is 4.73. The fourth-order valence-electron chi connectivity index (χ4n) is 4.21. The van der Waals surface area contributed by atoms with E-state index in [0.717, 1.165) is 24.8 Å². The summed E-state index contributed by atoms with van der Waals surface area (Å²) in [6, 6.07) is 10.2. The van der Waals surface area contributed by atoms with E-state index >= 15 is 0 Å². The van der Waals surface area contributed by atoms with Crippen molar-refractivity contribution in [3.05, 3.63) is 64.2 Å². The standard InChI is InChI=1S/C31H40ClN3O4S/c1-7-9-10-13-19-35(29(37)25(20-40)33-30(38)39-31(4,5)6)27(23-17-12-11-16-22(23)8-2)28(36)34-26-21(3)15-14-18-24(26)32/h2,11-12,14-18,25,27,40H,7,9-10,13,19-20H2,1,3-6H3,(H,33,38)(H,34,36). The number of ether oxygens (including phenoxy) is 1. The average molecular weight is 586 g/mol. The Labute approximate surface area is 248 Å². The van der Waals surface area contributed by atoms with Crippen molar-refractivity contribution in [3.63, 3.8) is 0 Å². The van der Waals surface area contributed by atoms with E-state index in [2.05, 4.69) is 36.1 Å². The number of carbonyl (C=O) groups is 3. The van der Waals surface area contributed by atoms with E-state index in [9.17, 15) is 14.4 Å². The van der Waals surface area contributed by atoms with Gasteiger partial charge in [-0.05, 0) is 57.4 Å². The van der Waals surface area contributed by atoms with Crippen molar-refractivity contribution in [2.75, 3.05) is 17.6 Å². The number of carbonyl (C=O) groups excluding carboxylic acids is 3. The van der Waals surface area contributed by atoms with Gasteiger partial charge in [-0.2, -0.15) is 12.6 Å². The van der Waals surface area contributed by atoms with E-state index in [4.69, 9.17) is 22.8 Å². The molecule has 2 atom stereocenters. The third kappa shape index (κ3) is 9.50. The van der Waals surface area contributed by atoms with Crippen LogP contribution in [0.5, 0.6) is 0 Å². The minimum Gasteiger partial charge on any atom is -0.444 e. The smallest absolute Gasteiger partial charge is 0.408 e. The molecule has 2 N–H and O–H groups in total. The number of benzene rings is 2. The maximum Gasteiger partial charge on any atom is 0.408 e. The van der Waals surface area contributed by atoms with Gasteiger partial charge in [0, 0.05) is 17.9 Å². The highest BCUT2D eigenvalue weighted by Gasteiger charge is 2.37. The molecule has 3 amide bonds. The summed E-state index contributed by atoms with van der Waals surface area (Å²) in [6.07, 6.45) is 8.57. The molecule has 2 rings (SSSR count). The second-order valence-corrected chi connectivity index (χ2v) is 11.3. The number of hydrogen-bond donors (Lipinski definition) is 3. The van der Waals surface area contributed by atoms with E-state index in [1.165, 1.54) is 4.90 Å². The lowest BCUT2D eigenvalue weighted by atomic mass is 9.97. The van der Waals surface area contributed by atoms with Gasteiger partial charge in [0.2, 0.25) is 5.91 Å². The summed E-state index contributed by atoms with van der Waals surface area (Å²) < 4.78 is 5.37. The Morgan fingerprint density at radius 3 is 2.40 bits per heavy atom. The van der Waals surface area contributed by atoms with E-state index < -0.39 is 35.6 Å². The molecular weight excluding hydrogens is 546 g/mol. The molecule has 0 heterocycles. The first-order valence-corrected chi connectivity index (χ1v) is 14.5. The lowest BCUT2D eigenvalue weighted by Gasteiger charge is -2.35. The third-order valence-electron chi connectivity index (χ3n) is 6.15. The summed E-state index contributed by atoms with van der Waals surface area (Å²) in [5, 5.41) is 5.93. The van der Waals surface area contributed by atoms with Crippen LogP contribution in [-0.2, 0) is 14.3 Å². The van der Waals surface area contributed by atoms with E-state index in [1.54, 1.807) is 57.2 Å². The summed E-state index contributed by atoms with van der Waals surface area (Å²) in [4.78, 5) is 42.2. The molecule has 0 bridgehead atoms. The Morgan fingerprint density at radius 2 is 1.80 bits per heavy atom. The van der Waals surface area contributed by atoms with Crippen LogP contribution in [0.4, 0.5) is 10.5 Å². The maximum atomic E-state index is 14.1. The van der Waals surface area contributed by atoms with Crippen LogP contribution in [0.15, 0.2) is 42.5 Å². The molecule has 216 valence electrons. The van der Waals surface area contributed by atoms with Crippen molar-refractivity contribution >= 4 is 47.8 Å². The molecule has 0 radical (unpaired) electrons. The van der Waals surface area contributed by atoms with Crippen LogP contribution in [0.3, 0.4) is 0 Å².